The summed E-state index contributed by atoms with van der Waals surface area (Å²) < 4.78 is 7.95. The number of aromatic nitrogens is 2. The molecule has 1 aromatic heterocycles. The number of fused-ring (bicyclic) bond motifs is 1. The minimum atomic E-state index is -0.547. The van der Waals surface area contributed by atoms with Crippen molar-refractivity contribution >= 4 is 22.8 Å². The van der Waals surface area contributed by atoms with Crippen molar-refractivity contribution < 1.29 is 14.3 Å². The molecule has 3 aliphatic rings. The van der Waals surface area contributed by atoms with E-state index >= 15 is 0 Å². The van der Waals surface area contributed by atoms with Gasteiger partial charge in [0.05, 0.1) is 36.4 Å². The third-order valence-electron chi connectivity index (χ3n) is 5.81. The van der Waals surface area contributed by atoms with E-state index in [0.29, 0.717) is 39.1 Å². The van der Waals surface area contributed by atoms with Crippen LogP contribution in [0.5, 0.6) is 0 Å². The van der Waals surface area contributed by atoms with Crippen LogP contribution >= 0.6 is 0 Å². The van der Waals surface area contributed by atoms with Gasteiger partial charge >= 0.3 is 0 Å². The quantitative estimate of drug-likeness (QED) is 0.836. The molecule has 3 saturated heterocycles. The summed E-state index contributed by atoms with van der Waals surface area (Å²) in [4.78, 5) is 33.1. The van der Waals surface area contributed by atoms with E-state index in [0.717, 1.165) is 17.5 Å². The van der Waals surface area contributed by atoms with E-state index in [-0.39, 0.29) is 17.9 Å². The maximum atomic E-state index is 12.8. The molecule has 5 rings (SSSR count). The first-order valence-corrected chi connectivity index (χ1v) is 8.83. The number of para-hydroxylation sites is 2. The van der Waals surface area contributed by atoms with E-state index < -0.39 is 5.72 Å². The Hall–Kier alpha value is -2.41. The normalized spacial score (nSPS) is 28.0. The van der Waals surface area contributed by atoms with Gasteiger partial charge in [-0.2, -0.15) is 0 Å². The Morgan fingerprint density at radius 1 is 1.32 bits per heavy atom. The Bertz CT molecular complexity index is 863. The van der Waals surface area contributed by atoms with E-state index in [1.165, 1.54) is 0 Å². The van der Waals surface area contributed by atoms with Crippen molar-refractivity contribution in [3.05, 3.63) is 30.6 Å². The number of aryl methyl sites for hydroxylation is 1. The number of likely N-dealkylation sites (tertiary alicyclic amines) is 1. The van der Waals surface area contributed by atoms with Crippen molar-refractivity contribution in [1.29, 1.82) is 0 Å². The van der Waals surface area contributed by atoms with E-state index in [1.807, 2.05) is 38.6 Å². The van der Waals surface area contributed by atoms with Crippen molar-refractivity contribution in [2.75, 3.05) is 19.7 Å². The summed E-state index contributed by atoms with van der Waals surface area (Å²) in [6.45, 7) is 2.48. The average Bonchev–Trinajstić information content (AvgIpc) is 3.35. The molecule has 130 valence electrons. The maximum absolute atomic E-state index is 12.8. The molecule has 0 N–H and O–H groups in total. The Balaban J connectivity index is 1.31. The number of nitrogens with zero attached hydrogens (tertiary/aromatic N) is 4. The number of carbonyl (C=O) groups excluding carboxylic acids is 2. The molecular weight excluding hydrogens is 320 g/mol. The highest BCUT2D eigenvalue weighted by Crippen LogP contribution is 2.45. The van der Waals surface area contributed by atoms with Crippen LogP contribution in [0.3, 0.4) is 0 Å². The van der Waals surface area contributed by atoms with Gasteiger partial charge in [0.1, 0.15) is 0 Å². The van der Waals surface area contributed by atoms with Gasteiger partial charge in [-0.15, -0.1) is 0 Å². The first-order chi connectivity index (χ1) is 12.2. The lowest BCUT2D eigenvalue weighted by molar-refractivity contribution is -0.139. The predicted molar refractivity (Wildman–Crippen MR) is 89.5 cm³/mol. The summed E-state index contributed by atoms with van der Waals surface area (Å²) in [6.07, 6.45) is 3.30. The van der Waals surface area contributed by atoms with E-state index in [4.69, 9.17) is 4.74 Å². The molecule has 0 unspecified atom stereocenters. The number of rotatable bonds is 3. The molecule has 0 bridgehead atoms. The number of hydrogen-bond acceptors (Lipinski definition) is 4. The third-order valence-corrected chi connectivity index (χ3v) is 5.81. The predicted octanol–water partition coefficient (Wildman–Crippen LogP) is 0.986. The highest BCUT2D eigenvalue weighted by atomic mass is 16.5. The van der Waals surface area contributed by atoms with Crippen LogP contribution in [0.25, 0.3) is 11.0 Å². The summed E-state index contributed by atoms with van der Waals surface area (Å²) in [6, 6.07) is 7.78. The SMILES string of the molecule is O=C(CCn1cnc2ccccc21)N1CC[C@@]23OCCN2C(=O)C[C@@H]13. The lowest BCUT2D eigenvalue weighted by Crippen LogP contribution is -2.48. The highest BCUT2D eigenvalue weighted by Gasteiger charge is 2.62. The van der Waals surface area contributed by atoms with Crippen molar-refractivity contribution in [2.45, 2.75) is 37.6 Å². The molecule has 1 spiro atoms. The minimum absolute atomic E-state index is 0.0878. The van der Waals surface area contributed by atoms with Crippen LogP contribution in [0.2, 0.25) is 0 Å². The van der Waals surface area contributed by atoms with Gasteiger partial charge in [0.2, 0.25) is 11.8 Å². The van der Waals surface area contributed by atoms with Gasteiger partial charge in [-0.25, -0.2) is 4.98 Å². The van der Waals surface area contributed by atoms with Gasteiger partial charge in [-0.05, 0) is 12.1 Å². The summed E-state index contributed by atoms with van der Waals surface area (Å²) >= 11 is 0. The third kappa shape index (κ3) is 2.05. The fraction of sp³-hybridized carbons (Fsp3) is 0.500. The molecule has 0 saturated carbocycles. The molecule has 2 amide bonds. The van der Waals surface area contributed by atoms with Crippen molar-refractivity contribution in [2.24, 2.45) is 0 Å². The number of imidazole rings is 1. The van der Waals surface area contributed by atoms with E-state index in [2.05, 4.69) is 4.98 Å². The van der Waals surface area contributed by atoms with E-state index in [1.54, 1.807) is 6.33 Å². The molecule has 1 aromatic carbocycles. The topological polar surface area (TPSA) is 67.7 Å². The number of hydrogen-bond donors (Lipinski definition) is 0. The molecule has 0 aliphatic carbocycles. The minimum Gasteiger partial charge on any atom is -0.351 e. The zero-order valence-corrected chi connectivity index (χ0v) is 13.9. The molecule has 2 atom stereocenters. The number of amides is 2. The Labute approximate surface area is 145 Å². The monoisotopic (exact) mass is 340 g/mol. The van der Waals surface area contributed by atoms with Gasteiger partial charge < -0.3 is 19.1 Å². The first kappa shape index (κ1) is 14.9. The molecule has 3 fully saturated rings. The molecular formula is C18H20N4O3. The zero-order valence-electron chi connectivity index (χ0n) is 13.9. The number of ether oxygens (including phenoxy) is 1. The fourth-order valence-electron chi connectivity index (χ4n) is 4.64. The van der Waals surface area contributed by atoms with Crippen molar-refractivity contribution in [3.63, 3.8) is 0 Å². The number of carbonyl (C=O) groups is 2. The summed E-state index contributed by atoms with van der Waals surface area (Å²) in [5.74, 6) is 0.199. The Kier molecular flexibility index (Phi) is 3.15. The fourth-order valence-corrected chi connectivity index (χ4v) is 4.64. The number of benzene rings is 1. The molecule has 0 radical (unpaired) electrons. The van der Waals surface area contributed by atoms with Crippen molar-refractivity contribution in [3.8, 4) is 0 Å². The van der Waals surface area contributed by atoms with Crippen molar-refractivity contribution in [1.82, 2.24) is 19.4 Å². The first-order valence-electron chi connectivity index (χ1n) is 8.83. The highest BCUT2D eigenvalue weighted by molar-refractivity contribution is 5.84. The lowest BCUT2D eigenvalue weighted by atomic mass is 10.1. The standard InChI is InChI=1S/C18H20N4O3/c23-16(5-7-20-12-19-13-3-1-2-4-14(13)20)21-8-6-18-15(21)11-17(24)22(18)9-10-25-18/h1-4,12,15H,5-11H2/t15-,18+/m1/s1. The summed E-state index contributed by atoms with van der Waals surface area (Å²) in [5.41, 5.74) is 1.43. The van der Waals surface area contributed by atoms with Gasteiger partial charge in [-0.1, -0.05) is 12.1 Å². The largest absolute Gasteiger partial charge is 0.351 e. The molecule has 7 nitrogen and oxygen atoms in total. The van der Waals surface area contributed by atoms with Crippen LogP contribution in [0.1, 0.15) is 19.3 Å². The lowest BCUT2D eigenvalue weighted by Gasteiger charge is -2.31. The summed E-state index contributed by atoms with van der Waals surface area (Å²) in [7, 11) is 0. The van der Waals surface area contributed by atoms with Crippen LogP contribution in [-0.4, -0.2) is 62.6 Å². The Morgan fingerprint density at radius 2 is 2.20 bits per heavy atom. The molecule has 3 aliphatic heterocycles. The molecule has 25 heavy (non-hydrogen) atoms. The van der Waals surface area contributed by atoms with Gasteiger partial charge in [0.15, 0.2) is 5.72 Å². The smallest absolute Gasteiger partial charge is 0.227 e. The molecule has 2 aromatic rings. The second kappa shape index (κ2) is 5.29. The second-order valence-corrected chi connectivity index (χ2v) is 6.97. The molecule has 7 heteroatoms. The zero-order chi connectivity index (χ0) is 17.0. The maximum Gasteiger partial charge on any atom is 0.227 e. The Morgan fingerprint density at radius 3 is 3.12 bits per heavy atom. The molecule has 4 heterocycles. The summed E-state index contributed by atoms with van der Waals surface area (Å²) in [5, 5.41) is 0. The van der Waals surface area contributed by atoms with Crippen LogP contribution in [0, 0.1) is 0 Å². The second-order valence-electron chi connectivity index (χ2n) is 6.97. The average molecular weight is 340 g/mol. The van der Waals surface area contributed by atoms with Gasteiger partial charge in [0, 0.05) is 32.5 Å². The van der Waals surface area contributed by atoms with Gasteiger partial charge in [-0.3, -0.25) is 9.59 Å². The van der Waals surface area contributed by atoms with Crippen LogP contribution < -0.4 is 0 Å². The van der Waals surface area contributed by atoms with Crippen LogP contribution in [-0.2, 0) is 20.9 Å². The van der Waals surface area contributed by atoms with E-state index in [9.17, 15) is 9.59 Å². The van der Waals surface area contributed by atoms with Gasteiger partial charge in [0.25, 0.3) is 0 Å². The van der Waals surface area contributed by atoms with Crippen LogP contribution in [0.15, 0.2) is 30.6 Å². The van der Waals surface area contributed by atoms with Crippen LogP contribution in [0.4, 0.5) is 0 Å².